The predicted molar refractivity (Wildman–Crippen MR) is 92.9 cm³/mol. The molecule has 2 heterocycles. The zero-order chi connectivity index (χ0) is 18.8. The highest BCUT2D eigenvalue weighted by atomic mass is 19.3. The van der Waals surface area contributed by atoms with Crippen molar-refractivity contribution < 1.29 is 18.3 Å². The van der Waals surface area contributed by atoms with Gasteiger partial charge in [-0.2, -0.15) is 8.78 Å². The molecule has 0 saturated carbocycles. The first-order valence-electron chi connectivity index (χ1n) is 7.71. The number of anilines is 1. The number of H-pyrrole nitrogens is 1. The predicted octanol–water partition coefficient (Wildman–Crippen LogP) is 3.39. The minimum atomic E-state index is -3.00. The standard InChI is InChI=1S/C18H15F2N3O3/c1-9-3-4-11-12(5-6-14(15(11)22-9)26-18(19)20)17(25)23-13-7-8-21-16(24)10(13)2/h3-8,18H,1-2H3,(H2,21,23,24,25). The van der Waals surface area contributed by atoms with Gasteiger partial charge in [0.2, 0.25) is 0 Å². The van der Waals surface area contributed by atoms with Gasteiger partial charge in [-0.1, -0.05) is 6.07 Å². The minimum absolute atomic E-state index is 0.109. The number of aryl methyl sites for hydroxylation is 1. The average molecular weight is 359 g/mol. The Bertz CT molecular complexity index is 1050. The Balaban J connectivity index is 2.06. The molecule has 0 fully saturated rings. The molecule has 0 aliphatic heterocycles. The molecule has 0 spiro atoms. The highest BCUT2D eigenvalue weighted by Crippen LogP contribution is 2.29. The fourth-order valence-corrected chi connectivity index (χ4v) is 2.56. The topological polar surface area (TPSA) is 84.1 Å². The minimum Gasteiger partial charge on any atom is -0.432 e. The first-order chi connectivity index (χ1) is 12.4. The largest absolute Gasteiger partial charge is 0.432 e. The molecule has 0 aliphatic carbocycles. The first kappa shape index (κ1) is 17.5. The number of amides is 1. The van der Waals surface area contributed by atoms with E-state index in [1.54, 1.807) is 32.0 Å². The van der Waals surface area contributed by atoms with Crippen LogP contribution in [0.1, 0.15) is 21.6 Å². The summed E-state index contributed by atoms with van der Waals surface area (Å²) in [6.45, 7) is 0.286. The molecule has 3 aromatic rings. The Morgan fingerprint density at radius 1 is 1.19 bits per heavy atom. The van der Waals surface area contributed by atoms with Crippen LogP contribution in [0.25, 0.3) is 10.9 Å². The summed E-state index contributed by atoms with van der Waals surface area (Å²) in [6, 6.07) is 7.52. The lowest BCUT2D eigenvalue weighted by Gasteiger charge is -2.13. The van der Waals surface area contributed by atoms with Crippen LogP contribution in [0.3, 0.4) is 0 Å². The van der Waals surface area contributed by atoms with E-state index < -0.39 is 12.5 Å². The zero-order valence-corrected chi connectivity index (χ0v) is 14.0. The third-order valence-corrected chi connectivity index (χ3v) is 3.88. The lowest BCUT2D eigenvalue weighted by molar-refractivity contribution is -0.0489. The van der Waals surface area contributed by atoms with Crippen LogP contribution in [0, 0.1) is 13.8 Å². The number of benzene rings is 1. The monoisotopic (exact) mass is 359 g/mol. The number of halogens is 2. The van der Waals surface area contributed by atoms with Gasteiger partial charge in [-0.15, -0.1) is 0 Å². The summed E-state index contributed by atoms with van der Waals surface area (Å²) in [5, 5.41) is 3.03. The van der Waals surface area contributed by atoms with Crippen LogP contribution < -0.4 is 15.6 Å². The van der Waals surface area contributed by atoms with Crippen molar-refractivity contribution in [2.24, 2.45) is 0 Å². The Morgan fingerprint density at radius 2 is 1.96 bits per heavy atom. The van der Waals surface area contributed by atoms with Gasteiger partial charge in [-0.25, -0.2) is 4.98 Å². The molecule has 2 aromatic heterocycles. The van der Waals surface area contributed by atoms with Crippen molar-refractivity contribution in [3.8, 4) is 5.75 Å². The lowest BCUT2D eigenvalue weighted by Crippen LogP contribution is -2.18. The van der Waals surface area contributed by atoms with Crippen molar-refractivity contribution in [1.82, 2.24) is 9.97 Å². The van der Waals surface area contributed by atoms with Gasteiger partial charge in [0, 0.05) is 28.4 Å². The van der Waals surface area contributed by atoms with E-state index >= 15 is 0 Å². The lowest BCUT2D eigenvalue weighted by atomic mass is 10.1. The van der Waals surface area contributed by atoms with E-state index in [2.05, 4.69) is 20.0 Å². The fraction of sp³-hybridized carbons (Fsp3) is 0.167. The number of nitrogens with zero attached hydrogens (tertiary/aromatic N) is 1. The van der Waals surface area contributed by atoms with E-state index in [0.717, 1.165) is 0 Å². The molecule has 0 atom stereocenters. The van der Waals surface area contributed by atoms with Crippen LogP contribution in [0.5, 0.6) is 5.75 Å². The number of hydrogen-bond acceptors (Lipinski definition) is 4. The number of nitrogens with one attached hydrogen (secondary N) is 2. The maximum absolute atomic E-state index is 12.7. The number of fused-ring (bicyclic) bond motifs is 1. The maximum Gasteiger partial charge on any atom is 0.387 e. The van der Waals surface area contributed by atoms with E-state index in [-0.39, 0.29) is 22.4 Å². The third kappa shape index (κ3) is 3.39. The van der Waals surface area contributed by atoms with Crippen molar-refractivity contribution in [3.05, 3.63) is 63.7 Å². The molecular formula is C18H15F2N3O3. The van der Waals surface area contributed by atoms with Crippen molar-refractivity contribution in [1.29, 1.82) is 0 Å². The summed E-state index contributed by atoms with van der Waals surface area (Å²) in [5.74, 6) is -0.597. The van der Waals surface area contributed by atoms with Gasteiger partial charge in [0.25, 0.3) is 11.5 Å². The molecule has 0 radical (unpaired) electrons. The summed E-state index contributed by atoms with van der Waals surface area (Å²) >= 11 is 0. The number of pyridine rings is 2. The van der Waals surface area contributed by atoms with Crippen LogP contribution >= 0.6 is 0 Å². The number of hydrogen-bond donors (Lipinski definition) is 2. The Kier molecular flexibility index (Phi) is 4.66. The molecule has 8 heteroatoms. The molecule has 0 aliphatic rings. The van der Waals surface area contributed by atoms with Gasteiger partial charge in [-0.3, -0.25) is 9.59 Å². The number of aromatic amines is 1. The number of rotatable bonds is 4. The summed E-state index contributed by atoms with van der Waals surface area (Å²) in [6.07, 6.45) is 1.42. The van der Waals surface area contributed by atoms with Gasteiger partial charge < -0.3 is 15.0 Å². The fourth-order valence-electron chi connectivity index (χ4n) is 2.56. The number of carbonyl (C=O) groups is 1. The highest BCUT2D eigenvalue weighted by Gasteiger charge is 2.17. The number of carbonyl (C=O) groups excluding carboxylic acids is 1. The molecule has 0 bridgehead atoms. The van der Waals surface area contributed by atoms with Crippen LogP contribution in [0.4, 0.5) is 14.5 Å². The molecule has 1 amide bonds. The molecule has 3 rings (SSSR count). The van der Waals surface area contributed by atoms with Crippen LogP contribution in [0.2, 0.25) is 0 Å². The smallest absolute Gasteiger partial charge is 0.387 e. The molecule has 1 aromatic carbocycles. The van der Waals surface area contributed by atoms with Crippen LogP contribution in [-0.2, 0) is 0 Å². The molecule has 6 nitrogen and oxygen atoms in total. The SMILES string of the molecule is Cc1ccc2c(C(=O)Nc3cc[nH]c(=O)c3C)ccc(OC(F)F)c2n1. The highest BCUT2D eigenvalue weighted by molar-refractivity contribution is 6.13. The Labute approximate surface area is 146 Å². The number of ether oxygens (including phenoxy) is 1. The van der Waals surface area contributed by atoms with Crippen LogP contribution in [0.15, 0.2) is 41.3 Å². The van der Waals surface area contributed by atoms with Gasteiger partial charge in [0.15, 0.2) is 5.75 Å². The van der Waals surface area contributed by atoms with Crippen molar-refractivity contribution in [2.75, 3.05) is 5.32 Å². The molecule has 0 saturated heterocycles. The number of aromatic nitrogens is 2. The molecule has 2 N–H and O–H groups in total. The summed E-state index contributed by atoms with van der Waals surface area (Å²) < 4.78 is 29.7. The molecular weight excluding hydrogens is 344 g/mol. The quantitative estimate of drug-likeness (QED) is 0.748. The average Bonchev–Trinajstić information content (AvgIpc) is 2.59. The molecule has 0 unspecified atom stereocenters. The second kappa shape index (κ2) is 6.91. The van der Waals surface area contributed by atoms with Crippen molar-refractivity contribution in [2.45, 2.75) is 20.5 Å². The summed E-state index contributed by atoms with van der Waals surface area (Å²) in [5.41, 5.74) is 1.40. The van der Waals surface area contributed by atoms with Gasteiger partial charge in [0.1, 0.15) is 5.52 Å². The Morgan fingerprint density at radius 3 is 2.69 bits per heavy atom. The van der Waals surface area contributed by atoms with E-state index in [0.29, 0.717) is 22.3 Å². The maximum atomic E-state index is 12.7. The summed E-state index contributed by atoms with van der Waals surface area (Å²) in [4.78, 5) is 31.0. The molecule has 26 heavy (non-hydrogen) atoms. The van der Waals surface area contributed by atoms with Gasteiger partial charge in [0.05, 0.1) is 5.69 Å². The zero-order valence-electron chi connectivity index (χ0n) is 14.0. The second-order valence-corrected chi connectivity index (χ2v) is 5.64. The second-order valence-electron chi connectivity index (χ2n) is 5.64. The van der Waals surface area contributed by atoms with Crippen LogP contribution in [-0.4, -0.2) is 22.5 Å². The third-order valence-electron chi connectivity index (χ3n) is 3.88. The van der Waals surface area contributed by atoms with E-state index in [4.69, 9.17) is 0 Å². The Hall–Kier alpha value is -3.29. The van der Waals surface area contributed by atoms with E-state index in [1.165, 1.54) is 18.3 Å². The first-order valence-corrected chi connectivity index (χ1v) is 7.71. The van der Waals surface area contributed by atoms with E-state index in [1.807, 2.05) is 0 Å². The van der Waals surface area contributed by atoms with E-state index in [9.17, 15) is 18.4 Å². The van der Waals surface area contributed by atoms with Crippen molar-refractivity contribution >= 4 is 22.5 Å². The van der Waals surface area contributed by atoms with Gasteiger partial charge in [-0.05, 0) is 38.1 Å². The summed E-state index contributed by atoms with van der Waals surface area (Å²) in [7, 11) is 0. The normalized spacial score (nSPS) is 11.0. The van der Waals surface area contributed by atoms with Gasteiger partial charge >= 0.3 is 6.61 Å². The van der Waals surface area contributed by atoms with Crippen molar-refractivity contribution in [3.63, 3.8) is 0 Å². The number of alkyl halides is 2. The molecule has 134 valence electrons.